The summed E-state index contributed by atoms with van der Waals surface area (Å²) in [6.45, 7) is 2.68. The van der Waals surface area contributed by atoms with Crippen LogP contribution in [-0.2, 0) is 9.53 Å². The van der Waals surface area contributed by atoms with Crippen LogP contribution in [0.5, 0.6) is 0 Å². The predicted molar refractivity (Wildman–Crippen MR) is 48.4 cm³/mol. The molecule has 0 radical (unpaired) electrons. The van der Waals surface area contributed by atoms with Crippen molar-refractivity contribution >= 4 is 5.91 Å². The van der Waals surface area contributed by atoms with Gasteiger partial charge >= 0.3 is 0 Å². The first-order chi connectivity index (χ1) is 6.31. The number of carbonyl (C=O) groups excluding carboxylic acids is 1. The maximum atomic E-state index is 11.7. The van der Waals surface area contributed by atoms with Crippen LogP contribution in [0.3, 0.4) is 0 Å². The number of hydrogen-bond acceptors (Lipinski definition) is 3. The van der Waals surface area contributed by atoms with Gasteiger partial charge in [0.25, 0.3) is 0 Å². The van der Waals surface area contributed by atoms with Crippen LogP contribution in [-0.4, -0.2) is 49.7 Å². The number of likely N-dealkylation sites (tertiary alicyclic amines) is 1. The highest BCUT2D eigenvalue weighted by Gasteiger charge is 2.33. The lowest BCUT2D eigenvalue weighted by molar-refractivity contribution is -0.136. The highest BCUT2D eigenvalue weighted by atomic mass is 16.5. The highest BCUT2D eigenvalue weighted by molar-refractivity contribution is 5.82. The zero-order valence-electron chi connectivity index (χ0n) is 7.95. The molecule has 0 aromatic carbocycles. The standard InChI is InChI=1S/C9H16N2O2/c1-13-7-5-8(10-6-7)9(12)11-3-2-4-11/h7-8,10H,2-6H2,1H3. The van der Waals surface area contributed by atoms with Gasteiger partial charge in [0.15, 0.2) is 0 Å². The molecule has 4 heteroatoms. The molecule has 0 aliphatic carbocycles. The van der Waals surface area contributed by atoms with E-state index in [0.717, 1.165) is 32.5 Å². The van der Waals surface area contributed by atoms with Crippen LogP contribution in [0.4, 0.5) is 0 Å². The van der Waals surface area contributed by atoms with Crippen molar-refractivity contribution in [2.24, 2.45) is 0 Å². The lowest BCUT2D eigenvalue weighted by Gasteiger charge is -2.33. The fourth-order valence-corrected chi connectivity index (χ4v) is 1.83. The van der Waals surface area contributed by atoms with Gasteiger partial charge in [-0.3, -0.25) is 4.79 Å². The minimum absolute atomic E-state index is 0.00486. The highest BCUT2D eigenvalue weighted by Crippen LogP contribution is 2.15. The molecule has 2 saturated heterocycles. The lowest BCUT2D eigenvalue weighted by atomic mass is 10.1. The SMILES string of the molecule is COC1CNC(C(=O)N2CCC2)C1. The zero-order valence-corrected chi connectivity index (χ0v) is 7.95. The lowest BCUT2D eigenvalue weighted by Crippen LogP contribution is -2.49. The molecule has 4 nitrogen and oxygen atoms in total. The number of hydrogen-bond donors (Lipinski definition) is 1. The summed E-state index contributed by atoms with van der Waals surface area (Å²) in [5, 5.41) is 3.19. The first-order valence-electron chi connectivity index (χ1n) is 4.86. The summed E-state index contributed by atoms with van der Waals surface area (Å²) < 4.78 is 5.19. The van der Waals surface area contributed by atoms with Crippen LogP contribution in [0, 0.1) is 0 Å². The number of rotatable bonds is 2. The summed E-state index contributed by atoms with van der Waals surface area (Å²) in [5.74, 6) is 0.255. The van der Waals surface area contributed by atoms with Crippen LogP contribution in [0.1, 0.15) is 12.8 Å². The van der Waals surface area contributed by atoms with Gasteiger partial charge in [-0.1, -0.05) is 0 Å². The van der Waals surface area contributed by atoms with Crippen molar-refractivity contribution in [3.63, 3.8) is 0 Å². The molecule has 1 amide bonds. The molecule has 2 heterocycles. The van der Waals surface area contributed by atoms with E-state index in [9.17, 15) is 4.79 Å². The molecule has 0 spiro atoms. The Morgan fingerprint density at radius 1 is 1.54 bits per heavy atom. The van der Waals surface area contributed by atoms with Crippen molar-refractivity contribution in [1.82, 2.24) is 10.2 Å². The second-order valence-electron chi connectivity index (χ2n) is 3.73. The quantitative estimate of drug-likeness (QED) is 0.634. The molecule has 2 atom stereocenters. The molecule has 2 aliphatic heterocycles. The smallest absolute Gasteiger partial charge is 0.239 e. The van der Waals surface area contributed by atoms with Crippen LogP contribution in [0.15, 0.2) is 0 Å². The Balaban J connectivity index is 1.84. The Kier molecular flexibility index (Phi) is 2.51. The summed E-state index contributed by atoms with van der Waals surface area (Å²) in [6.07, 6.45) is 2.20. The van der Waals surface area contributed by atoms with E-state index in [1.165, 1.54) is 0 Å². The summed E-state index contributed by atoms with van der Waals surface area (Å²) in [5.41, 5.74) is 0. The monoisotopic (exact) mass is 184 g/mol. The molecule has 2 unspecified atom stereocenters. The molecular weight excluding hydrogens is 168 g/mol. The molecule has 1 N–H and O–H groups in total. The third kappa shape index (κ3) is 1.69. The van der Waals surface area contributed by atoms with Gasteiger partial charge in [0.1, 0.15) is 0 Å². The molecule has 13 heavy (non-hydrogen) atoms. The van der Waals surface area contributed by atoms with Crippen LogP contribution >= 0.6 is 0 Å². The molecule has 74 valence electrons. The van der Waals surface area contributed by atoms with Crippen molar-refractivity contribution in [1.29, 1.82) is 0 Å². The molecular formula is C9H16N2O2. The van der Waals surface area contributed by atoms with E-state index in [4.69, 9.17) is 4.74 Å². The Hall–Kier alpha value is -0.610. The van der Waals surface area contributed by atoms with E-state index in [2.05, 4.69) is 5.32 Å². The topological polar surface area (TPSA) is 41.6 Å². The number of ether oxygens (including phenoxy) is 1. The molecule has 0 aromatic heterocycles. The van der Waals surface area contributed by atoms with E-state index in [1.807, 2.05) is 4.90 Å². The molecule has 0 aromatic rings. The minimum atomic E-state index is 0.00486. The first-order valence-corrected chi connectivity index (χ1v) is 4.86. The van der Waals surface area contributed by atoms with Gasteiger partial charge in [0.05, 0.1) is 12.1 Å². The zero-order chi connectivity index (χ0) is 9.26. The number of amides is 1. The van der Waals surface area contributed by atoms with Gasteiger partial charge in [-0.25, -0.2) is 0 Å². The summed E-state index contributed by atoms with van der Waals surface area (Å²) >= 11 is 0. The number of nitrogens with zero attached hydrogens (tertiary/aromatic N) is 1. The van der Waals surface area contributed by atoms with Gasteiger partial charge in [-0.15, -0.1) is 0 Å². The first kappa shape index (κ1) is 8.97. The normalized spacial score (nSPS) is 33.2. The van der Waals surface area contributed by atoms with Gasteiger partial charge in [-0.2, -0.15) is 0 Å². The van der Waals surface area contributed by atoms with Crippen molar-refractivity contribution < 1.29 is 9.53 Å². The Labute approximate surface area is 78.2 Å². The molecule has 2 aliphatic rings. The second kappa shape index (κ2) is 3.64. The van der Waals surface area contributed by atoms with Gasteiger partial charge < -0.3 is 15.0 Å². The van der Waals surface area contributed by atoms with E-state index in [1.54, 1.807) is 7.11 Å². The molecule has 0 saturated carbocycles. The summed E-state index contributed by atoms with van der Waals surface area (Å²) in [6, 6.07) is 0.00486. The predicted octanol–water partition coefficient (Wildman–Crippen LogP) is -0.404. The third-order valence-electron chi connectivity index (χ3n) is 2.89. The average molecular weight is 184 g/mol. The maximum absolute atomic E-state index is 11.7. The molecule has 0 bridgehead atoms. The Bertz CT molecular complexity index is 204. The number of carbonyl (C=O) groups is 1. The van der Waals surface area contributed by atoms with E-state index in [-0.39, 0.29) is 18.1 Å². The Morgan fingerprint density at radius 3 is 2.77 bits per heavy atom. The number of methoxy groups -OCH3 is 1. The maximum Gasteiger partial charge on any atom is 0.239 e. The van der Waals surface area contributed by atoms with Crippen molar-refractivity contribution in [3.8, 4) is 0 Å². The summed E-state index contributed by atoms with van der Waals surface area (Å²) in [4.78, 5) is 13.6. The van der Waals surface area contributed by atoms with E-state index in [0.29, 0.717) is 0 Å². The van der Waals surface area contributed by atoms with Crippen LogP contribution in [0.25, 0.3) is 0 Å². The summed E-state index contributed by atoms with van der Waals surface area (Å²) in [7, 11) is 1.70. The Morgan fingerprint density at radius 2 is 2.31 bits per heavy atom. The van der Waals surface area contributed by atoms with E-state index < -0.39 is 0 Å². The fourth-order valence-electron chi connectivity index (χ4n) is 1.83. The van der Waals surface area contributed by atoms with Gasteiger partial charge in [-0.05, 0) is 12.8 Å². The van der Waals surface area contributed by atoms with Crippen LogP contribution in [0.2, 0.25) is 0 Å². The number of nitrogens with one attached hydrogen (secondary N) is 1. The van der Waals surface area contributed by atoms with E-state index >= 15 is 0 Å². The largest absolute Gasteiger partial charge is 0.380 e. The fraction of sp³-hybridized carbons (Fsp3) is 0.889. The third-order valence-corrected chi connectivity index (χ3v) is 2.89. The molecule has 2 fully saturated rings. The van der Waals surface area contributed by atoms with Gasteiger partial charge in [0.2, 0.25) is 5.91 Å². The average Bonchev–Trinajstić information content (AvgIpc) is 2.48. The van der Waals surface area contributed by atoms with Crippen LogP contribution < -0.4 is 5.32 Å². The second-order valence-corrected chi connectivity index (χ2v) is 3.73. The molecule has 2 rings (SSSR count). The van der Waals surface area contributed by atoms with Crippen molar-refractivity contribution in [2.75, 3.05) is 26.7 Å². The van der Waals surface area contributed by atoms with Gasteiger partial charge in [0, 0.05) is 26.7 Å². The van der Waals surface area contributed by atoms with Crippen molar-refractivity contribution in [2.45, 2.75) is 25.0 Å². The van der Waals surface area contributed by atoms with Crippen molar-refractivity contribution in [3.05, 3.63) is 0 Å². The minimum Gasteiger partial charge on any atom is -0.380 e.